The van der Waals surface area contributed by atoms with E-state index in [9.17, 15) is 4.79 Å². The monoisotopic (exact) mass is 418 g/mol. The van der Waals surface area contributed by atoms with Crippen LogP contribution in [0.25, 0.3) is 11.0 Å². The second kappa shape index (κ2) is 8.63. The van der Waals surface area contributed by atoms with Gasteiger partial charge in [0.25, 0.3) is 5.91 Å². The van der Waals surface area contributed by atoms with Crippen molar-refractivity contribution in [1.29, 1.82) is 0 Å². The maximum atomic E-state index is 13.1. The summed E-state index contributed by atoms with van der Waals surface area (Å²) in [5.74, 6) is 1.45. The number of ether oxygens (including phenoxy) is 1. The fourth-order valence-electron chi connectivity index (χ4n) is 3.55. The van der Waals surface area contributed by atoms with Gasteiger partial charge in [0.15, 0.2) is 5.69 Å². The van der Waals surface area contributed by atoms with Gasteiger partial charge >= 0.3 is 0 Å². The van der Waals surface area contributed by atoms with Crippen LogP contribution in [0.4, 0.5) is 5.95 Å². The highest BCUT2D eigenvalue weighted by Gasteiger charge is 2.23. The van der Waals surface area contributed by atoms with Gasteiger partial charge in [-0.2, -0.15) is 0 Å². The average Bonchev–Trinajstić information content (AvgIpc) is 3.30. The predicted molar refractivity (Wildman–Crippen MR) is 119 cm³/mol. The highest BCUT2D eigenvalue weighted by Crippen LogP contribution is 2.25. The van der Waals surface area contributed by atoms with Crippen LogP contribution in [0, 0.1) is 20.8 Å². The van der Waals surface area contributed by atoms with Crippen molar-refractivity contribution in [1.82, 2.24) is 14.7 Å². The molecule has 0 spiro atoms. The summed E-state index contributed by atoms with van der Waals surface area (Å²) in [7, 11) is 0. The van der Waals surface area contributed by atoms with Gasteiger partial charge in [0.2, 0.25) is 5.95 Å². The minimum atomic E-state index is -0.371. The standard InChI is InChI=1S/C24H26N4O3/c1-5-13-28-20-11-7-6-10-19(20)25-24(28)26-23(29)22-18(17(4)31-27-22)14-30-21-12-8-9-15(2)16(21)3/h6-12H,5,13-14H2,1-4H3,(H,25,26,29). The minimum Gasteiger partial charge on any atom is -0.488 e. The Balaban J connectivity index is 1.58. The summed E-state index contributed by atoms with van der Waals surface area (Å²) in [6.07, 6.45) is 0.918. The molecule has 31 heavy (non-hydrogen) atoms. The Morgan fingerprint density at radius 1 is 1.13 bits per heavy atom. The molecule has 4 rings (SSSR count). The molecule has 0 saturated heterocycles. The predicted octanol–water partition coefficient (Wildman–Crippen LogP) is 5.19. The van der Waals surface area contributed by atoms with Crippen molar-refractivity contribution in [3.63, 3.8) is 0 Å². The number of carbonyl (C=O) groups is 1. The first-order valence-corrected chi connectivity index (χ1v) is 10.4. The molecular weight excluding hydrogens is 392 g/mol. The maximum absolute atomic E-state index is 13.1. The first-order valence-electron chi connectivity index (χ1n) is 10.4. The van der Waals surface area contributed by atoms with Crippen molar-refractivity contribution in [3.05, 3.63) is 70.6 Å². The number of imidazole rings is 1. The molecule has 0 unspecified atom stereocenters. The van der Waals surface area contributed by atoms with Crippen LogP contribution < -0.4 is 10.1 Å². The van der Waals surface area contributed by atoms with Gasteiger partial charge < -0.3 is 13.8 Å². The molecule has 2 aromatic carbocycles. The fraction of sp³-hybridized carbons (Fsp3) is 0.292. The van der Waals surface area contributed by atoms with E-state index >= 15 is 0 Å². The number of aryl methyl sites for hydroxylation is 3. The number of amides is 1. The molecule has 0 saturated carbocycles. The number of para-hydroxylation sites is 2. The van der Waals surface area contributed by atoms with E-state index in [0.29, 0.717) is 17.3 Å². The van der Waals surface area contributed by atoms with Gasteiger partial charge in [-0.1, -0.05) is 36.3 Å². The lowest BCUT2D eigenvalue weighted by atomic mass is 10.1. The third-order valence-electron chi connectivity index (χ3n) is 5.45. The molecular formula is C24H26N4O3. The molecule has 2 heterocycles. The van der Waals surface area contributed by atoms with Crippen LogP contribution in [0.5, 0.6) is 5.75 Å². The Kier molecular flexibility index (Phi) is 5.75. The van der Waals surface area contributed by atoms with Crippen LogP contribution in [0.2, 0.25) is 0 Å². The van der Waals surface area contributed by atoms with Crippen LogP contribution in [-0.4, -0.2) is 20.6 Å². The second-order valence-electron chi connectivity index (χ2n) is 7.58. The molecule has 1 amide bonds. The molecule has 0 aliphatic rings. The molecule has 1 N–H and O–H groups in total. The lowest BCUT2D eigenvalue weighted by Gasteiger charge is -2.11. The van der Waals surface area contributed by atoms with Crippen molar-refractivity contribution < 1.29 is 14.1 Å². The van der Waals surface area contributed by atoms with E-state index in [2.05, 4.69) is 22.4 Å². The van der Waals surface area contributed by atoms with Gasteiger partial charge in [0, 0.05) is 6.54 Å². The van der Waals surface area contributed by atoms with Crippen molar-refractivity contribution in [3.8, 4) is 5.75 Å². The number of rotatable bonds is 7. The first kappa shape index (κ1) is 20.7. The van der Waals surface area contributed by atoms with E-state index in [0.717, 1.165) is 40.9 Å². The van der Waals surface area contributed by atoms with E-state index in [1.807, 2.05) is 60.9 Å². The molecule has 2 aromatic heterocycles. The van der Waals surface area contributed by atoms with E-state index in [1.165, 1.54) is 0 Å². The number of aromatic nitrogens is 3. The lowest BCUT2D eigenvalue weighted by Crippen LogP contribution is -2.18. The van der Waals surface area contributed by atoms with Crippen LogP contribution in [0.1, 0.15) is 46.3 Å². The number of hydrogen-bond donors (Lipinski definition) is 1. The number of anilines is 1. The SMILES string of the molecule is CCCn1c(NC(=O)c2noc(C)c2COc2cccc(C)c2C)nc2ccccc21. The van der Waals surface area contributed by atoms with E-state index in [1.54, 1.807) is 6.92 Å². The molecule has 4 aromatic rings. The summed E-state index contributed by atoms with van der Waals surface area (Å²) < 4.78 is 13.3. The molecule has 0 fully saturated rings. The van der Waals surface area contributed by atoms with Gasteiger partial charge in [-0.25, -0.2) is 4.98 Å². The first-order chi connectivity index (χ1) is 15.0. The number of nitrogens with one attached hydrogen (secondary N) is 1. The van der Waals surface area contributed by atoms with Crippen molar-refractivity contribution >= 4 is 22.9 Å². The van der Waals surface area contributed by atoms with E-state index in [4.69, 9.17) is 9.26 Å². The van der Waals surface area contributed by atoms with Gasteiger partial charge in [0.05, 0.1) is 16.6 Å². The summed E-state index contributed by atoms with van der Waals surface area (Å²) in [5, 5.41) is 6.90. The molecule has 0 radical (unpaired) electrons. The second-order valence-corrected chi connectivity index (χ2v) is 7.58. The average molecular weight is 418 g/mol. The Morgan fingerprint density at radius 2 is 1.94 bits per heavy atom. The quantitative estimate of drug-likeness (QED) is 0.447. The normalized spacial score (nSPS) is 11.1. The van der Waals surface area contributed by atoms with Crippen LogP contribution in [0.3, 0.4) is 0 Å². The number of carbonyl (C=O) groups excluding carboxylic acids is 1. The molecule has 7 heteroatoms. The molecule has 0 aliphatic heterocycles. The summed E-state index contributed by atoms with van der Waals surface area (Å²) in [4.78, 5) is 17.7. The zero-order valence-electron chi connectivity index (χ0n) is 18.2. The zero-order chi connectivity index (χ0) is 22.0. The van der Waals surface area contributed by atoms with Crippen molar-refractivity contribution in [2.75, 3.05) is 5.32 Å². The minimum absolute atomic E-state index is 0.188. The Bertz CT molecular complexity index is 1240. The number of benzene rings is 2. The third-order valence-corrected chi connectivity index (χ3v) is 5.45. The topological polar surface area (TPSA) is 82.2 Å². The van der Waals surface area contributed by atoms with Crippen LogP contribution in [-0.2, 0) is 13.2 Å². The van der Waals surface area contributed by atoms with Crippen LogP contribution >= 0.6 is 0 Å². The van der Waals surface area contributed by atoms with Gasteiger partial charge in [0.1, 0.15) is 18.1 Å². The molecule has 7 nitrogen and oxygen atoms in total. The molecule has 0 bridgehead atoms. The van der Waals surface area contributed by atoms with Crippen LogP contribution in [0.15, 0.2) is 47.0 Å². The maximum Gasteiger partial charge on any atom is 0.280 e. The Hall–Kier alpha value is -3.61. The van der Waals surface area contributed by atoms with E-state index < -0.39 is 0 Å². The van der Waals surface area contributed by atoms with Gasteiger partial charge in [-0.15, -0.1) is 0 Å². The molecule has 0 atom stereocenters. The lowest BCUT2D eigenvalue weighted by molar-refractivity contribution is 0.101. The Labute approximate surface area is 181 Å². The number of fused-ring (bicyclic) bond motifs is 1. The third kappa shape index (κ3) is 4.03. The van der Waals surface area contributed by atoms with Crippen molar-refractivity contribution in [2.24, 2.45) is 0 Å². The number of nitrogens with zero attached hydrogens (tertiary/aromatic N) is 3. The fourth-order valence-corrected chi connectivity index (χ4v) is 3.55. The summed E-state index contributed by atoms with van der Waals surface area (Å²) >= 11 is 0. The molecule has 160 valence electrons. The zero-order valence-corrected chi connectivity index (χ0v) is 18.2. The van der Waals surface area contributed by atoms with Crippen molar-refractivity contribution in [2.45, 2.75) is 47.3 Å². The molecule has 0 aliphatic carbocycles. The smallest absolute Gasteiger partial charge is 0.280 e. The summed E-state index contributed by atoms with van der Waals surface area (Å²) in [6.45, 7) is 8.84. The summed E-state index contributed by atoms with van der Waals surface area (Å²) in [5.41, 5.74) is 4.85. The highest BCUT2D eigenvalue weighted by molar-refractivity contribution is 6.03. The Morgan fingerprint density at radius 3 is 2.74 bits per heavy atom. The number of hydrogen-bond acceptors (Lipinski definition) is 5. The largest absolute Gasteiger partial charge is 0.488 e. The van der Waals surface area contributed by atoms with Gasteiger partial charge in [-0.3, -0.25) is 10.1 Å². The van der Waals surface area contributed by atoms with Gasteiger partial charge in [-0.05, 0) is 56.5 Å². The highest BCUT2D eigenvalue weighted by atomic mass is 16.5. The van der Waals surface area contributed by atoms with E-state index in [-0.39, 0.29) is 18.2 Å². The summed E-state index contributed by atoms with van der Waals surface area (Å²) in [6, 6.07) is 13.7.